The Balaban J connectivity index is 2.67. The average Bonchev–Trinajstić information content (AvgIpc) is 2.60. The van der Waals surface area contributed by atoms with E-state index >= 15 is 0 Å². The molecule has 0 unspecified atom stereocenters. The van der Waals surface area contributed by atoms with Crippen molar-refractivity contribution in [2.45, 2.75) is 52.7 Å². The number of rotatable bonds is 7. The van der Waals surface area contributed by atoms with Crippen LogP contribution in [0.3, 0.4) is 0 Å². The first kappa shape index (κ1) is 23.1. The standard InChI is InChI=1S/C19H29N3O6/c1-6-26-14-10-8-13(9-11-14)12-15(16(23)27-7-2)20-17(24)21-22-18(25)28-19(3,4)5/h8-11,15H,6-7,12H2,1-5H3,(H,22,25)(H2,20,21,24)/t15-/m0/s1. The summed E-state index contributed by atoms with van der Waals surface area (Å²) < 4.78 is 15.4. The molecule has 0 spiro atoms. The average molecular weight is 395 g/mol. The van der Waals surface area contributed by atoms with Crippen LogP contribution in [0.5, 0.6) is 5.75 Å². The molecule has 1 aromatic carbocycles. The third-order valence-electron chi connectivity index (χ3n) is 3.23. The quantitative estimate of drug-likeness (QED) is 0.482. The van der Waals surface area contributed by atoms with Gasteiger partial charge in [0.2, 0.25) is 0 Å². The van der Waals surface area contributed by atoms with Crippen LogP contribution in [0.25, 0.3) is 0 Å². The summed E-state index contributed by atoms with van der Waals surface area (Å²) in [5, 5.41) is 2.48. The number of hydrogen-bond donors (Lipinski definition) is 3. The summed E-state index contributed by atoms with van der Waals surface area (Å²) >= 11 is 0. The maximum absolute atomic E-state index is 12.2. The molecule has 1 atom stereocenters. The normalized spacial score (nSPS) is 11.8. The number of ether oxygens (including phenoxy) is 3. The molecule has 9 nitrogen and oxygen atoms in total. The summed E-state index contributed by atoms with van der Waals surface area (Å²) in [6, 6.07) is 5.47. The molecule has 3 N–H and O–H groups in total. The van der Waals surface area contributed by atoms with E-state index < -0.39 is 29.7 Å². The molecule has 0 aliphatic carbocycles. The third-order valence-corrected chi connectivity index (χ3v) is 3.23. The van der Waals surface area contributed by atoms with E-state index in [4.69, 9.17) is 14.2 Å². The first-order chi connectivity index (χ1) is 13.1. The monoisotopic (exact) mass is 395 g/mol. The van der Waals surface area contributed by atoms with Crippen molar-refractivity contribution >= 4 is 18.1 Å². The molecule has 3 amide bonds. The van der Waals surface area contributed by atoms with Gasteiger partial charge in [-0.1, -0.05) is 12.1 Å². The minimum Gasteiger partial charge on any atom is -0.494 e. The van der Waals surface area contributed by atoms with Crippen molar-refractivity contribution in [3.05, 3.63) is 29.8 Å². The van der Waals surface area contributed by atoms with E-state index in [1.807, 2.05) is 6.92 Å². The van der Waals surface area contributed by atoms with Crippen LogP contribution >= 0.6 is 0 Å². The van der Waals surface area contributed by atoms with Gasteiger partial charge >= 0.3 is 18.1 Å². The van der Waals surface area contributed by atoms with E-state index in [2.05, 4.69) is 16.2 Å². The molecule has 1 rings (SSSR count). The highest BCUT2D eigenvalue weighted by atomic mass is 16.6. The van der Waals surface area contributed by atoms with E-state index in [1.165, 1.54) is 0 Å². The molecular weight excluding hydrogens is 366 g/mol. The number of hydrogen-bond acceptors (Lipinski definition) is 6. The largest absolute Gasteiger partial charge is 0.494 e. The molecule has 0 saturated heterocycles. The van der Waals surface area contributed by atoms with Crippen LogP contribution in [-0.2, 0) is 20.7 Å². The summed E-state index contributed by atoms with van der Waals surface area (Å²) in [5.74, 6) is 0.134. The molecule has 0 saturated carbocycles. The Kier molecular flexibility index (Phi) is 9.07. The smallest absolute Gasteiger partial charge is 0.426 e. The van der Waals surface area contributed by atoms with E-state index in [1.54, 1.807) is 52.0 Å². The Morgan fingerprint density at radius 1 is 1.00 bits per heavy atom. The van der Waals surface area contributed by atoms with Gasteiger partial charge in [0, 0.05) is 6.42 Å². The fourth-order valence-electron chi connectivity index (χ4n) is 2.17. The van der Waals surface area contributed by atoms with Gasteiger partial charge in [-0.15, -0.1) is 0 Å². The summed E-state index contributed by atoms with van der Waals surface area (Å²) in [5.41, 5.74) is 4.35. The second-order valence-corrected chi connectivity index (χ2v) is 6.81. The lowest BCUT2D eigenvalue weighted by Crippen LogP contribution is -2.53. The highest BCUT2D eigenvalue weighted by molar-refractivity contribution is 5.84. The highest BCUT2D eigenvalue weighted by Gasteiger charge is 2.23. The van der Waals surface area contributed by atoms with Crippen LogP contribution < -0.4 is 20.9 Å². The van der Waals surface area contributed by atoms with Gasteiger partial charge < -0.3 is 19.5 Å². The van der Waals surface area contributed by atoms with Crippen LogP contribution in [0, 0.1) is 0 Å². The molecule has 0 fully saturated rings. The fraction of sp³-hybridized carbons (Fsp3) is 0.526. The van der Waals surface area contributed by atoms with Crippen molar-refractivity contribution in [1.82, 2.24) is 16.2 Å². The van der Waals surface area contributed by atoms with E-state index in [9.17, 15) is 14.4 Å². The summed E-state index contributed by atoms with van der Waals surface area (Å²) in [6.45, 7) is 9.38. The van der Waals surface area contributed by atoms with Gasteiger partial charge in [0.25, 0.3) is 0 Å². The zero-order chi connectivity index (χ0) is 21.2. The minimum atomic E-state index is -0.932. The fourth-order valence-corrected chi connectivity index (χ4v) is 2.17. The Hall–Kier alpha value is -2.97. The van der Waals surface area contributed by atoms with E-state index in [-0.39, 0.29) is 13.0 Å². The van der Waals surface area contributed by atoms with Gasteiger partial charge in [0.15, 0.2) is 0 Å². The number of amides is 3. The Morgan fingerprint density at radius 2 is 1.64 bits per heavy atom. The van der Waals surface area contributed by atoms with Crippen LogP contribution in [-0.4, -0.2) is 43.0 Å². The molecular formula is C19H29N3O6. The Bertz CT molecular complexity index is 655. The van der Waals surface area contributed by atoms with Crippen molar-refractivity contribution in [2.75, 3.05) is 13.2 Å². The topological polar surface area (TPSA) is 115 Å². The number of urea groups is 1. The second kappa shape index (κ2) is 11.0. The molecule has 1 aromatic rings. The molecule has 0 radical (unpaired) electrons. The Morgan fingerprint density at radius 3 is 2.18 bits per heavy atom. The lowest BCUT2D eigenvalue weighted by atomic mass is 10.1. The molecule has 0 bridgehead atoms. The van der Waals surface area contributed by atoms with Crippen LogP contribution in [0.15, 0.2) is 24.3 Å². The number of hydrazine groups is 1. The van der Waals surface area contributed by atoms with E-state index in [0.29, 0.717) is 12.4 Å². The lowest BCUT2D eigenvalue weighted by Gasteiger charge is -2.21. The predicted molar refractivity (Wildman–Crippen MR) is 103 cm³/mol. The van der Waals surface area contributed by atoms with Gasteiger partial charge in [-0.2, -0.15) is 0 Å². The predicted octanol–water partition coefficient (Wildman–Crippen LogP) is 2.30. The summed E-state index contributed by atoms with van der Waals surface area (Å²) in [4.78, 5) is 35.8. The number of esters is 1. The lowest BCUT2D eigenvalue weighted by molar-refractivity contribution is -0.145. The highest BCUT2D eigenvalue weighted by Crippen LogP contribution is 2.14. The molecule has 28 heavy (non-hydrogen) atoms. The van der Waals surface area contributed by atoms with Crippen LogP contribution in [0.1, 0.15) is 40.2 Å². The van der Waals surface area contributed by atoms with Crippen molar-refractivity contribution in [2.24, 2.45) is 0 Å². The molecule has 0 aliphatic heterocycles. The molecule has 156 valence electrons. The minimum absolute atomic E-state index is 0.179. The molecule has 0 heterocycles. The summed E-state index contributed by atoms with van der Waals surface area (Å²) in [6.07, 6.45) is -0.604. The summed E-state index contributed by atoms with van der Waals surface area (Å²) in [7, 11) is 0. The zero-order valence-corrected chi connectivity index (χ0v) is 17.0. The van der Waals surface area contributed by atoms with E-state index in [0.717, 1.165) is 5.56 Å². The van der Waals surface area contributed by atoms with Crippen molar-refractivity contribution in [3.8, 4) is 5.75 Å². The van der Waals surface area contributed by atoms with Gasteiger partial charge in [-0.25, -0.2) is 25.2 Å². The van der Waals surface area contributed by atoms with Gasteiger partial charge in [0.1, 0.15) is 17.4 Å². The van der Waals surface area contributed by atoms with Gasteiger partial charge in [-0.05, 0) is 52.3 Å². The van der Waals surface area contributed by atoms with Crippen molar-refractivity contribution in [3.63, 3.8) is 0 Å². The van der Waals surface area contributed by atoms with Gasteiger partial charge in [0.05, 0.1) is 13.2 Å². The third kappa shape index (κ3) is 9.11. The number of carbonyl (C=O) groups is 3. The SMILES string of the molecule is CCOC(=O)[C@H](Cc1ccc(OCC)cc1)NC(=O)NNC(=O)OC(C)(C)C. The first-order valence-electron chi connectivity index (χ1n) is 9.08. The second-order valence-electron chi connectivity index (χ2n) is 6.81. The van der Waals surface area contributed by atoms with Crippen molar-refractivity contribution < 1.29 is 28.6 Å². The number of benzene rings is 1. The number of nitrogens with one attached hydrogen (secondary N) is 3. The first-order valence-corrected chi connectivity index (χ1v) is 9.08. The van der Waals surface area contributed by atoms with Gasteiger partial charge in [-0.3, -0.25) is 0 Å². The Labute approximate surface area is 165 Å². The molecule has 9 heteroatoms. The van der Waals surface area contributed by atoms with Crippen LogP contribution in [0.4, 0.5) is 9.59 Å². The van der Waals surface area contributed by atoms with Crippen molar-refractivity contribution in [1.29, 1.82) is 0 Å². The number of carbonyl (C=O) groups excluding carboxylic acids is 3. The molecule has 0 aliphatic rings. The van der Waals surface area contributed by atoms with Crippen LogP contribution in [0.2, 0.25) is 0 Å². The maximum atomic E-state index is 12.2. The maximum Gasteiger partial charge on any atom is 0.426 e. The molecule has 0 aromatic heterocycles. The zero-order valence-electron chi connectivity index (χ0n) is 17.0.